The Kier molecular flexibility index (Phi) is 13.7. The summed E-state index contributed by atoms with van der Waals surface area (Å²) in [5.74, 6) is 0. The summed E-state index contributed by atoms with van der Waals surface area (Å²) in [6.07, 6.45) is 2.78. The smallest absolute Gasteiger partial charge is 0.0105 e. The van der Waals surface area contributed by atoms with Gasteiger partial charge >= 0.3 is 0 Å². The van der Waals surface area contributed by atoms with Gasteiger partial charge in [0.25, 0.3) is 0 Å². The van der Waals surface area contributed by atoms with Gasteiger partial charge in [0, 0.05) is 6.04 Å². The van der Waals surface area contributed by atoms with Gasteiger partial charge in [-0.1, -0.05) is 13.8 Å². The van der Waals surface area contributed by atoms with Crippen LogP contribution in [0.1, 0.15) is 26.7 Å². The summed E-state index contributed by atoms with van der Waals surface area (Å²) >= 11 is 0. The van der Waals surface area contributed by atoms with Crippen LogP contribution >= 0.6 is 24.8 Å². The highest BCUT2D eigenvalue weighted by atomic mass is 35.5. The molecule has 0 spiro atoms. The molecule has 0 radical (unpaired) electrons. The van der Waals surface area contributed by atoms with Crippen LogP contribution < -0.4 is 6.15 Å². The minimum atomic E-state index is 0. The molecule has 11 heavy (non-hydrogen) atoms. The molecular weight excluding hydrogens is 183 g/mol. The minimum absolute atomic E-state index is 0. The molecule has 3 N–H and O–H groups in total. The molecular formula is C7H20Cl2N2. The fourth-order valence-corrected chi connectivity index (χ4v) is 1.37. The van der Waals surface area contributed by atoms with Crippen molar-refractivity contribution in [2.45, 2.75) is 32.7 Å². The summed E-state index contributed by atoms with van der Waals surface area (Å²) in [5, 5.41) is 0. The first kappa shape index (κ1) is 17.5. The highest BCUT2D eigenvalue weighted by Crippen LogP contribution is 2.18. The molecule has 1 unspecified atom stereocenters. The molecule has 72 valence electrons. The fraction of sp³-hybridized carbons (Fsp3) is 1.00. The standard InChI is InChI=1S/C7H15N.2ClH.H3N/c1-3-7-5-6-8(7)4-2;;;/h7H,3-6H2,1-2H3;2*1H;1H3. The van der Waals surface area contributed by atoms with E-state index in [4.69, 9.17) is 0 Å². The first-order valence-electron chi connectivity index (χ1n) is 3.62. The van der Waals surface area contributed by atoms with Crippen LogP contribution in [0.25, 0.3) is 0 Å². The lowest BCUT2D eigenvalue weighted by atomic mass is 10.0. The Balaban J connectivity index is -0.000000213. The molecule has 1 saturated heterocycles. The van der Waals surface area contributed by atoms with E-state index in [1.54, 1.807) is 0 Å². The average molecular weight is 203 g/mol. The van der Waals surface area contributed by atoms with Crippen molar-refractivity contribution in [1.29, 1.82) is 0 Å². The average Bonchev–Trinajstić information content (AvgIpc) is 1.66. The molecule has 1 aliphatic rings. The van der Waals surface area contributed by atoms with Crippen molar-refractivity contribution in [2.75, 3.05) is 13.1 Å². The van der Waals surface area contributed by atoms with E-state index < -0.39 is 0 Å². The van der Waals surface area contributed by atoms with Gasteiger partial charge in [-0.3, -0.25) is 0 Å². The van der Waals surface area contributed by atoms with E-state index in [9.17, 15) is 0 Å². The van der Waals surface area contributed by atoms with Crippen LogP contribution in [-0.2, 0) is 0 Å². The topological polar surface area (TPSA) is 38.2 Å². The Morgan fingerprint density at radius 2 is 1.82 bits per heavy atom. The zero-order chi connectivity index (χ0) is 5.98. The maximum atomic E-state index is 2.53. The Morgan fingerprint density at radius 1 is 1.27 bits per heavy atom. The van der Waals surface area contributed by atoms with Crippen molar-refractivity contribution in [2.24, 2.45) is 0 Å². The Morgan fingerprint density at radius 3 is 1.91 bits per heavy atom. The van der Waals surface area contributed by atoms with Crippen LogP contribution in [-0.4, -0.2) is 24.0 Å². The summed E-state index contributed by atoms with van der Waals surface area (Å²) in [6, 6.07) is 0.931. The molecule has 1 atom stereocenters. The van der Waals surface area contributed by atoms with E-state index in [2.05, 4.69) is 18.7 Å². The molecule has 0 aromatic carbocycles. The minimum Gasteiger partial charge on any atom is -0.344 e. The first-order chi connectivity index (χ1) is 3.88. The molecule has 4 heteroatoms. The maximum Gasteiger partial charge on any atom is 0.0105 e. The lowest BCUT2D eigenvalue weighted by Crippen LogP contribution is -2.46. The molecule has 0 saturated carbocycles. The Hall–Kier alpha value is 0.500. The third-order valence-corrected chi connectivity index (χ3v) is 2.14. The summed E-state index contributed by atoms with van der Waals surface area (Å²) in [4.78, 5) is 2.53. The van der Waals surface area contributed by atoms with Crippen molar-refractivity contribution in [1.82, 2.24) is 11.1 Å². The molecule has 1 heterocycles. The highest BCUT2D eigenvalue weighted by Gasteiger charge is 2.23. The van der Waals surface area contributed by atoms with Gasteiger partial charge in [0.15, 0.2) is 0 Å². The van der Waals surface area contributed by atoms with Gasteiger partial charge in [0.05, 0.1) is 0 Å². The number of rotatable bonds is 2. The predicted octanol–water partition coefficient (Wildman–Crippen LogP) is 2.50. The SMILES string of the molecule is CCC1CCN1CC.Cl.Cl.N. The van der Waals surface area contributed by atoms with E-state index in [0.29, 0.717) is 0 Å². The second-order valence-electron chi connectivity index (χ2n) is 2.48. The van der Waals surface area contributed by atoms with Crippen LogP contribution in [0, 0.1) is 0 Å². The second kappa shape index (κ2) is 8.60. The zero-order valence-corrected chi connectivity index (χ0v) is 9.01. The fourth-order valence-electron chi connectivity index (χ4n) is 1.37. The molecule has 0 aromatic heterocycles. The second-order valence-corrected chi connectivity index (χ2v) is 2.48. The van der Waals surface area contributed by atoms with Gasteiger partial charge < -0.3 is 11.1 Å². The van der Waals surface area contributed by atoms with Crippen molar-refractivity contribution in [3.05, 3.63) is 0 Å². The van der Waals surface area contributed by atoms with Crippen LogP contribution in [0.5, 0.6) is 0 Å². The van der Waals surface area contributed by atoms with Gasteiger partial charge in [-0.15, -0.1) is 24.8 Å². The van der Waals surface area contributed by atoms with E-state index in [-0.39, 0.29) is 31.0 Å². The lowest BCUT2D eigenvalue weighted by molar-refractivity contribution is 0.0950. The number of hydrogen-bond acceptors (Lipinski definition) is 2. The van der Waals surface area contributed by atoms with Crippen molar-refractivity contribution >= 4 is 24.8 Å². The van der Waals surface area contributed by atoms with E-state index in [1.165, 1.54) is 25.9 Å². The maximum absolute atomic E-state index is 2.53. The van der Waals surface area contributed by atoms with E-state index >= 15 is 0 Å². The number of nitrogens with zero attached hydrogens (tertiary/aromatic N) is 1. The molecule has 0 aliphatic carbocycles. The van der Waals surface area contributed by atoms with Crippen molar-refractivity contribution in [3.63, 3.8) is 0 Å². The van der Waals surface area contributed by atoms with Crippen molar-refractivity contribution < 1.29 is 0 Å². The summed E-state index contributed by atoms with van der Waals surface area (Å²) in [7, 11) is 0. The molecule has 2 nitrogen and oxygen atoms in total. The summed E-state index contributed by atoms with van der Waals surface area (Å²) in [5.41, 5.74) is 0. The molecule has 0 aromatic rings. The van der Waals surface area contributed by atoms with Gasteiger partial charge in [0.2, 0.25) is 0 Å². The van der Waals surface area contributed by atoms with Gasteiger partial charge in [-0.2, -0.15) is 0 Å². The monoisotopic (exact) mass is 202 g/mol. The van der Waals surface area contributed by atoms with Gasteiger partial charge in [0.1, 0.15) is 0 Å². The lowest BCUT2D eigenvalue weighted by Gasteiger charge is -2.39. The number of likely N-dealkylation sites (tertiary alicyclic amines) is 1. The summed E-state index contributed by atoms with van der Waals surface area (Å²) < 4.78 is 0. The molecule has 0 amide bonds. The predicted molar refractivity (Wildman–Crippen MR) is 55.5 cm³/mol. The van der Waals surface area contributed by atoms with E-state index in [0.717, 1.165) is 6.04 Å². The molecule has 0 bridgehead atoms. The summed E-state index contributed by atoms with van der Waals surface area (Å²) in [6.45, 7) is 7.10. The molecule has 1 aliphatic heterocycles. The van der Waals surface area contributed by atoms with Gasteiger partial charge in [-0.25, -0.2) is 0 Å². The van der Waals surface area contributed by atoms with E-state index in [1.807, 2.05) is 0 Å². The van der Waals surface area contributed by atoms with Crippen LogP contribution in [0.3, 0.4) is 0 Å². The number of halogens is 2. The normalized spacial score (nSPS) is 21.8. The van der Waals surface area contributed by atoms with Gasteiger partial charge in [-0.05, 0) is 25.9 Å². The quantitative estimate of drug-likeness (QED) is 0.748. The largest absolute Gasteiger partial charge is 0.344 e. The Labute approximate surface area is 82.1 Å². The first-order valence-corrected chi connectivity index (χ1v) is 3.62. The number of hydrogen-bond donors (Lipinski definition) is 1. The third kappa shape index (κ3) is 4.16. The third-order valence-electron chi connectivity index (χ3n) is 2.14. The van der Waals surface area contributed by atoms with Crippen LogP contribution in [0.15, 0.2) is 0 Å². The molecule has 1 rings (SSSR count). The van der Waals surface area contributed by atoms with Crippen LogP contribution in [0.2, 0.25) is 0 Å². The molecule has 1 fully saturated rings. The highest BCUT2D eigenvalue weighted by molar-refractivity contribution is 5.85. The van der Waals surface area contributed by atoms with Crippen LogP contribution in [0.4, 0.5) is 0 Å². The zero-order valence-electron chi connectivity index (χ0n) is 7.38. The Bertz CT molecular complexity index is 66.8. The van der Waals surface area contributed by atoms with Crippen molar-refractivity contribution in [3.8, 4) is 0 Å².